The summed E-state index contributed by atoms with van der Waals surface area (Å²) < 4.78 is 1.17. The van der Waals surface area contributed by atoms with Gasteiger partial charge in [-0.2, -0.15) is 0 Å². The van der Waals surface area contributed by atoms with Crippen LogP contribution < -0.4 is 4.90 Å². The van der Waals surface area contributed by atoms with Crippen LogP contribution in [0.15, 0.2) is 36.5 Å². The lowest BCUT2D eigenvalue weighted by Crippen LogP contribution is -2.52. The average molecular weight is 448 g/mol. The minimum absolute atomic E-state index is 0.138. The normalized spacial score (nSPS) is 20.1. The quantitative estimate of drug-likeness (QED) is 0.614. The summed E-state index contributed by atoms with van der Waals surface area (Å²) in [6.07, 6.45) is 7.74. The number of carbonyl (C=O) groups excluding carboxylic acids is 1. The molecule has 3 aliphatic rings. The number of fused-ring (bicyclic) bond motifs is 2. The molecule has 1 saturated carbocycles. The van der Waals surface area contributed by atoms with Gasteiger partial charge in [0.05, 0.1) is 10.6 Å². The fourth-order valence-corrected chi connectivity index (χ4v) is 6.13. The molecule has 7 heteroatoms. The van der Waals surface area contributed by atoms with Gasteiger partial charge in [-0.15, -0.1) is 11.3 Å². The summed E-state index contributed by atoms with van der Waals surface area (Å²) in [5, 5.41) is 1.15. The highest BCUT2D eigenvalue weighted by Gasteiger charge is 2.29. The van der Waals surface area contributed by atoms with E-state index in [2.05, 4.69) is 21.9 Å². The molecule has 1 amide bonds. The van der Waals surface area contributed by atoms with Crippen molar-refractivity contribution in [1.29, 1.82) is 0 Å². The minimum Gasteiger partial charge on any atom is -0.338 e. The number of amides is 1. The van der Waals surface area contributed by atoms with Crippen molar-refractivity contribution >= 4 is 33.3 Å². The number of aromatic nitrogens is 2. The van der Waals surface area contributed by atoms with Crippen molar-refractivity contribution in [3.63, 3.8) is 0 Å². The van der Waals surface area contributed by atoms with E-state index in [1.165, 1.54) is 29.5 Å². The Bertz CT molecular complexity index is 1100. The third kappa shape index (κ3) is 3.77. The number of carbonyl (C=O) groups is 1. The number of rotatable bonds is 3. The highest BCUT2D eigenvalue weighted by Crippen LogP contribution is 2.28. The maximum atomic E-state index is 13.2. The monoisotopic (exact) mass is 447 g/mol. The van der Waals surface area contributed by atoms with Gasteiger partial charge in [0.2, 0.25) is 5.95 Å². The second-order valence-electron chi connectivity index (χ2n) is 9.19. The summed E-state index contributed by atoms with van der Waals surface area (Å²) in [5.74, 6) is 1.00. The van der Waals surface area contributed by atoms with Gasteiger partial charge in [-0.3, -0.25) is 9.69 Å². The standard InChI is InChI=1S/C25H29N5OS/c31-24(23-16-18-4-1-2-7-22(18)32-23)29-10-8-19-17-26-25(27-21(19)9-11-29)30-14-12-28(13-15-30)20-5-3-6-20/h1-2,4,7,16-17,20H,3,5-6,8-15H2. The Labute approximate surface area is 192 Å². The summed E-state index contributed by atoms with van der Waals surface area (Å²) in [5.41, 5.74) is 2.30. The fourth-order valence-electron chi connectivity index (χ4n) is 5.10. The van der Waals surface area contributed by atoms with Crippen LogP contribution in [0.25, 0.3) is 10.1 Å². The third-order valence-electron chi connectivity index (χ3n) is 7.32. The van der Waals surface area contributed by atoms with E-state index in [9.17, 15) is 4.79 Å². The van der Waals surface area contributed by atoms with Crippen LogP contribution in [0.3, 0.4) is 0 Å². The predicted molar refractivity (Wildman–Crippen MR) is 129 cm³/mol. The van der Waals surface area contributed by atoms with Gasteiger partial charge < -0.3 is 9.80 Å². The Morgan fingerprint density at radius 1 is 1.00 bits per heavy atom. The average Bonchev–Trinajstić information content (AvgIpc) is 3.11. The highest BCUT2D eigenvalue weighted by atomic mass is 32.1. The van der Waals surface area contributed by atoms with Gasteiger partial charge in [-0.1, -0.05) is 24.6 Å². The van der Waals surface area contributed by atoms with Crippen LogP contribution in [0.4, 0.5) is 5.95 Å². The van der Waals surface area contributed by atoms with Crippen molar-refractivity contribution in [2.45, 2.75) is 38.1 Å². The molecule has 0 unspecified atom stereocenters. The van der Waals surface area contributed by atoms with Gasteiger partial charge in [-0.05, 0) is 42.3 Å². The first-order valence-corrected chi connectivity index (χ1v) is 12.7. The lowest BCUT2D eigenvalue weighted by Gasteiger charge is -2.43. The second-order valence-corrected chi connectivity index (χ2v) is 10.3. The zero-order chi connectivity index (χ0) is 21.5. The van der Waals surface area contributed by atoms with Crippen LogP contribution in [0.5, 0.6) is 0 Å². The molecule has 2 aromatic heterocycles. The number of hydrogen-bond donors (Lipinski definition) is 0. The zero-order valence-electron chi connectivity index (χ0n) is 18.4. The molecule has 4 heterocycles. The molecule has 32 heavy (non-hydrogen) atoms. The minimum atomic E-state index is 0.138. The highest BCUT2D eigenvalue weighted by molar-refractivity contribution is 7.20. The van der Waals surface area contributed by atoms with Gasteiger partial charge in [0, 0.05) is 62.6 Å². The summed E-state index contributed by atoms with van der Waals surface area (Å²) in [6.45, 7) is 5.68. The van der Waals surface area contributed by atoms with E-state index in [1.54, 1.807) is 11.3 Å². The summed E-state index contributed by atoms with van der Waals surface area (Å²) >= 11 is 1.59. The van der Waals surface area contributed by atoms with Crippen LogP contribution in [0.2, 0.25) is 0 Å². The first-order valence-electron chi connectivity index (χ1n) is 11.9. The van der Waals surface area contributed by atoms with E-state index < -0.39 is 0 Å². The Kier molecular flexibility index (Phi) is 5.31. The molecule has 6 rings (SSSR count). The topological polar surface area (TPSA) is 52.6 Å². The maximum absolute atomic E-state index is 13.2. The SMILES string of the molecule is O=C(c1cc2ccccc2s1)N1CCc2cnc(N3CCN(C4CCC4)CC3)nc2CC1. The third-order valence-corrected chi connectivity index (χ3v) is 8.43. The van der Waals surface area contributed by atoms with Gasteiger partial charge >= 0.3 is 0 Å². The van der Waals surface area contributed by atoms with Crippen molar-refractivity contribution < 1.29 is 4.79 Å². The van der Waals surface area contributed by atoms with Crippen LogP contribution in [0.1, 0.15) is 40.2 Å². The number of nitrogens with zero attached hydrogens (tertiary/aromatic N) is 5. The summed E-state index contributed by atoms with van der Waals surface area (Å²) in [7, 11) is 0. The Balaban J connectivity index is 1.13. The van der Waals surface area contributed by atoms with E-state index in [0.29, 0.717) is 6.54 Å². The molecule has 1 saturated heterocycles. The molecule has 0 N–H and O–H groups in total. The Morgan fingerprint density at radius 3 is 2.59 bits per heavy atom. The maximum Gasteiger partial charge on any atom is 0.263 e. The van der Waals surface area contributed by atoms with Crippen molar-refractivity contribution in [1.82, 2.24) is 19.8 Å². The predicted octanol–water partition coefficient (Wildman–Crippen LogP) is 3.61. The molecule has 1 aromatic carbocycles. The molecule has 0 atom stereocenters. The second kappa shape index (κ2) is 8.45. The van der Waals surface area contributed by atoms with Gasteiger partial charge in [0.1, 0.15) is 0 Å². The van der Waals surface area contributed by atoms with Crippen LogP contribution in [-0.2, 0) is 12.8 Å². The summed E-state index contributed by atoms with van der Waals surface area (Å²) in [6, 6.07) is 11.0. The zero-order valence-corrected chi connectivity index (χ0v) is 19.2. The first kappa shape index (κ1) is 20.1. The molecule has 0 spiro atoms. The van der Waals surface area contributed by atoms with Crippen LogP contribution in [-0.4, -0.2) is 71.0 Å². The molecule has 0 bridgehead atoms. The van der Waals surface area contributed by atoms with Crippen molar-refractivity contribution in [3.8, 4) is 0 Å². The fraction of sp³-hybridized carbons (Fsp3) is 0.480. The van der Waals surface area contributed by atoms with E-state index in [4.69, 9.17) is 9.97 Å². The number of piperazine rings is 1. The Hall–Kier alpha value is -2.51. The lowest BCUT2D eigenvalue weighted by atomic mass is 9.91. The number of benzene rings is 1. The molecule has 0 radical (unpaired) electrons. The van der Waals surface area contributed by atoms with E-state index in [0.717, 1.165) is 73.5 Å². The Morgan fingerprint density at radius 2 is 1.81 bits per heavy atom. The van der Waals surface area contributed by atoms with Gasteiger partial charge in [-0.25, -0.2) is 9.97 Å². The molecule has 166 valence electrons. The first-order chi connectivity index (χ1) is 15.7. The van der Waals surface area contributed by atoms with Crippen LogP contribution in [0, 0.1) is 0 Å². The van der Waals surface area contributed by atoms with Crippen molar-refractivity contribution in [2.75, 3.05) is 44.2 Å². The largest absolute Gasteiger partial charge is 0.338 e. The molecule has 6 nitrogen and oxygen atoms in total. The number of thiophene rings is 1. The van der Waals surface area contributed by atoms with Gasteiger partial charge in [0.25, 0.3) is 5.91 Å². The smallest absolute Gasteiger partial charge is 0.263 e. The number of hydrogen-bond acceptors (Lipinski definition) is 6. The molecular weight excluding hydrogens is 418 g/mol. The van der Waals surface area contributed by atoms with Crippen molar-refractivity contribution in [3.05, 3.63) is 52.7 Å². The molecule has 2 aliphatic heterocycles. The molecule has 2 fully saturated rings. The molecule has 3 aromatic rings. The lowest BCUT2D eigenvalue weighted by molar-refractivity contribution is 0.0768. The van der Waals surface area contributed by atoms with E-state index >= 15 is 0 Å². The molecule has 1 aliphatic carbocycles. The van der Waals surface area contributed by atoms with Gasteiger partial charge in [0.15, 0.2) is 0 Å². The van der Waals surface area contributed by atoms with E-state index in [-0.39, 0.29) is 5.91 Å². The number of anilines is 1. The van der Waals surface area contributed by atoms with Crippen molar-refractivity contribution in [2.24, 2.45) is 0 Å². The summed E-state index contributed by atoms with van der Waals surface area (Å²) in [4.78, 5) is 30.7. The van der Waals surface area contributed by atoms with E-state index in [1.807, 2.05) is 29.3 Å². The van der Waals surface area contributed by atoms with Crippen LogP contribution >= 0.6 is 11.3 Å². The molecular formula is C25H29N5OS.